The van der Waals surface area contributed by atoms with Crippen molar-refractivity contribution in [2.45, 2.75) is 38.9 Å². The third-order valence-corrected chi connectivity index (χ3v) is 2.01. The number of aldehydes is 1. The Kier molecular flexibility index (Phi) is 6.90. The van der Waals surface area contributed by atoms with Crippen molar-refractivity contribution in [1.29, 1.82) is 0 Å². The van der Waals surface area contributed by atoms with Gasteiger partial charge < -0.3 is 19.9 Å². The summed E-state index contributed by atoms with van der Waals surface area (Å²) < 4.78 is 0. The van der Waals surface area contributed by atoms with Crippen molar-refractivity contribution in [2.75, 3.05) is 13.1 Å². The smallest absolute Gasteiger partial charge is 0.254 e. The summed E-state index contributed by atoms with van der Waals surface area (Å²) in [5, 5.41) is 18.4. The maximum Gasteiger partial charge on any atom is 0.254 e. The average molecular weight is 217 g/mol. The zero-order valence-corrected chi connectivity index (χ0v) is 9.22. The number of amides is 1. The first kappa shape index (κ1) is 14.1. The van der Waals surface area contributed by atoms with E-state index < -0.39 is 18.1 Å². The second-order valence-electron chi connectivity index (χ2n) is 3.40. The van der Waals surface area contributed by atoms with E-state index in [2.05, 4.69) is 0 Å². The van der Waals surface area contributed by atoms with Crippen LogP contribution in [0.3, 0.4) is 0 Å². The highest BCUT2D eigenvalue weighted by Crippen LogP contribution is 2.01. The molecule has 0 saturated carbocycles. The lowest BCUT2D eigenvalue weighted by Gasteiger charge is -2.24. The Labute approximate surface area is 89.7 Å². The maximum absolute atomic E-state index is 11.6. The Balaban J connectivity index is 4.40. The summed E-state index contributed by atoms with van der Waals surface area (Å²) in [5.41, 5.74) is 0. The van der Waals surface area contributed by atoms with E-state index in [0.717, 1.165) is 12.8 Å². The van der Waals surface area contributed by atoms with E-state index in [1.807, 2.05) is 13.8 Å². The van der Waals surface area contributed by atoms with Crippen LogP contribution >= 0.6 is 0 Å². The minimum atomic E-state index is -1.64. The molecule has 0 saturated heterocycles. The molecule has 0 aliphatic rings. The lowest BCUT2D eigenvalue weighted by molar-refractivity contribution is -0.148. The van der Waals surface area contributed by atoms with Gasteiger partial charge in [0.05, 0.1) is 0 Å². The quantitative estimate of drug-likeness (QED) is 0.566. The van der Waals surface area contributed by atoms with Crippen molar-refractivity contribution < 1.29 is 19.8 Å². The van der Waals surface area contributed by atoms with Crippen LogP contribution in [-0.4, -0.2) is 52.6 Å². The second-order valence-corrected chi connectivity index (χ2v) is 3.40. The topological polar surface area (TPSA) is 77.8 Å². The first-order valence-electron chi connectivity index (χ1n) is 5.18. The van der Waals surface area contributed by atoms with E-state index in [1.165, 1.54) is 4.90 Å². The summed E-state index contributed by atoms with van der Waals surface area (Å²) in [5.74, 6) is -0.585. The van der Waals surface area contributed by atoms with Crippen molar-refractivity contribution in [1.82, 2.24) is 4.90 Å². The first-order chi connectivity index (χ1) is 7.08. The maximum atomic E-state index is 11.6. The highest BCUT2D eigenvalue weighted by atomic mass is 16.3. The standard InChI is InChI=1S/C10H19NO4/c1-3-5-11(6-4-2)10(15)9(14)8(13)7-12/h7-9,13-14H,3-6H2,1-2H3/t8-,9-/m1/s1. The van der Waals surface area contributed by atoms with Gasteiger partial charge in [-0.05, 0) is 12.8 Å². The number of aliphatic hydroxyl groups is 2. The molecule has 0 aromatic carbocycles. The molecule has 5 heteroatoms. The van der Waals surface area contributed by atoms with Crippen LogP contribution < -0.4 is 0 Å². The summed E-state index contributed by atoms with van der Waals surface area (Å²) in [4.78, 5) is 23.2. The molecule has 0 aliphatic carbocycles. The Hall–Kier alpha value is -0.940. The van der Waals surface area contributed by atoms with Gasteiger partial charge >= 0.3 is 0 Å². The summed E-state index contributed by atoms with van der Waals surface area (Å²) >= 11 is 0. The van der Waals surface area contributed by atoms with Crippen LogP contribution in [0.2, 0.25) is 0 Å². The van der Waals surface area contributed by atoms with Gasteiger partial charge in [0.1, 0.15) is 6.10 Å². The molecule has 0 aromatic heterocycles. The molecule has 0 fully saturated rings. The van der Waals surface area contributed by atoms with Gasteiger partial charge in [-0.25, -0.2) is 0 Å². The molecule has 0 aromatic rings. The summed E-state index contributed by atoms with van der Waals surface area (Å²) in [6.45, 7) is 4.88. The molecule has 5 nitrogen and oxygen atoms in total. The average Bonchev–Trinajstić information content (AvgIpc) is 2.25. The highest BCUT2D eigenvalue weighted by Gasteiger charge is 2.27. The van der Waals surface area contributed by atoms with Gasteiger partial charge in [-0.2, -0.15) is 0 Å². The number of rotatable bonds is 7. The zero-order chi connectivity index (χ0) is 11.8. The third-order valence-electron chi connectivity index (χ3n) is 2.01. The Morgan fingerprint density at radius 3 is 2.07 bits per heavy atom. The molecule has 2 N–H and O–H groups in total. The second kappa shape index (κ2) is 7.36. The first-order valence-corrected chi connectivity index (χ1v) is 5.18. The van der Waals surface area contributed by atoms with Gasteiger partial charge in [0, 0.05) is 13.1 Å². The van der Waals surface area contributed by atoms with E-state index in [0.29, 0.717) is 13.1 Å². The lowest BCUT2D eigenvalue weighted by atomic mass is 10.2. The lowest BCUT2D eigenvalue weighted by Crippen LogP contribution is -2.46. The van der Waals surface area contributed by atoms with Gasteiger partial charge in [0.15, 0.2) is 12.4 Å². The molecular formula is C10H19NO4. The summed E-state index contributed by atoms with van der Waals surface area (Å²) in [6.07, 6.45) is -1.56. The van der Waals surface area contributed by atoms with Gasteiger partial charge in [0.25, 0.3) is 5.91 Å². The number of nitrogens with zero attached hydrogens (tertiary/aromatic N) is 1. The number of hydrogen-bond acceptors (Lipinski definition) is 4. The molecule has 0 radical (unpaired) electrons. The summed E-state index contributed by atoms with van der Waals surface area (Å²) in [7, 11) is 0. The minimum Gasteiger partial charge on any atom is -0.382 e. The van der Waals surface area contributed by atoms with Gasteiger partial charge in [0.2, 0.25) is 0 Å². The number of hydrogen-bond donors (Lipinski definition) is 2. The normalized spacial score (nSPS) is 14.4. The number of aliphatic hydroxyl groups excluding tert-OH is 2. The van der Waals surface area contributed by atoms with Crippen LogP contribution in [0.25, 0.3) is 0 Å². The Morgan fingerprint density at radius 1 is 1.27 bits per heavy atom. The highest BCUT2D eigenvalue weighted by molar-refractivity contribution is 5.84. The van der Waals surface area contributed by atoms with Crippen molar-refractivity contribution in [3.05, 3.63) is 0 Å². The van der Waals surface area contributed by atoms with E-state index in [9.17, 15) is 14.7 Å². The van der Waals surface area contributed by atoms with Crippen LogP contribution in [0.4, 0.5) is 0 Å². The van der Waals surface area contributed by atoms with Crippen molar-refractivity contribution in [2.24, 2.45) is 0 Å². The van der Waals surface area contributed by atoms with E-state index in [-0.39, 0.29) is 6.29 Å². The summed E-state index contributed by atoms with van der Waals surface area (Å²) in [6, 6.07) is 0. The fourth-order valence-corrected chi connectivity index (χ4v) is 1.28. The minimum absolute atomic E-state index is 0.165. The number of carbonyl (C=O) groups is 2. The van der Waals surface area contributed by atoms with Crippen LogP contribution in [0.5, 0.6) is 0 Å². The number of carbonyl (C=O) groups excluding carboxylic acids is 2. The van der Waals surface area contributed by atoms with Gasteiger partial charge in [-0.3, -0.25) is 4.79 Å². The molecule has 0 spiro atoms. The molecule has 88 valence electrons. The predicted molar refractivity (Wildman–Crippen MR) is 55.2 cm³/mol. The molecule has 0 rings (SSSR count). The molecule has 2 atom stereocenters. The van der Waals surface area contributed by atoms with Crippen LogP contribution in [0.15, 0.2) is 0 Å². The van der Waals surface area contributed by atoms with Gasteiger partial charge in [-0.15, -0.1) is 0 Å². The van der Waals surface area contributed by atoms with E-state index in [1.54, 1.807) is 0 Å². The monoisotopic (exact) mass is 217 g/mol. The van der Waals surface area contributed by atoms with Gasteiger partial charge in [-0.1, -0.05) is 13.8 Å². The largest absolute Gasteiger partial charge is 0.382 e. The predicted octanol–water partition coefficient (Wildman–Crippen LogP) is -0.444. The molecule has 0 aliphatic heterocycles. The molecule has 0 heterocycles. The van der Waals surface area contributed by atoms with Crippen molar-refractivity contribution >= 4 is 12.2 Å². The fraction of sp³-hybridized carbons (Fsp3) is 0.800. The molecule has 0 bridgehead atoms. The Morgan fingerprint density at radius 2 is 1.73 bits per heavy atom. The molecule has 1 amide bonds. The van der Waals surface area contributed by atoms with E-state index >= 15 is 0 Å². The third kappa shape index (κ3) is 4.40. The van der Waals surface area contributed by atoms with Crippen LogP contribution in [-0.2, 0) is 9.59 Å². The molecule has 15 heavy (non-hydrogen) atoms. The zero-order valence-electron chi connectivity index (χ0n) is 9.22. The molecule has 0 unspecified atom stereocenters. The van der Waals surface area contributed by atoms with Crippen molar-refractivity contribution in [3.8, 4) is 0 Å². The Bertz CT molecular complexity index is 202. The van der Waals surface area contributed by atoms with Crippen molar-refractivity contribution in [3.63, 3.8) is 0 Å². The SMILES string of the molecule is CCCN(CCC)C(=O)[C@H](O)[C@H](O)C=O. The fourth-order valence-electron chi connectivity index (χ4n) is 1.28. The van der Waals surface area contributed by atoms with Crippen LogP contribution in [0.1, 0.15) is 26.7 Å². The van der Waals surface area contributed by atoms with E-state index in [4.69, 9.17) is 5.11 Å². The van der Waals surface area contributed by atoms with Crippen LogP contribution in [0, 0.1) is 0 Å². The molecular weight excluding hydrogens is 198 g/mol.